The smallest absolute Gasteiger partial charge is 0.124 e. The molecule has 0 amide bonds. The molecule has 0 spiro atoms. The van der Waals surface area contributed by atoms with Gasteiger partial charge in [0.05, 0.1) is 7.11 Å². The van der Waals surface area contributed by atoms with Crippen LogP contribution in [-0.4, -0.2) is 7.11 Å². The molecule has 1 rings (SSSR count). The highest BCUT2D eigenvalue weighted by atomic mass is 19.1. The number of ether oxygens (including phenoxy) is 1. The number of halogens is 1. The molecule has 0 aliphatic heterocycles. The zero-order valence-corrected chi connectivity index (χ0v) is 8.80. The summed E-state index contributed by atoms with van der Waals surface area (Å²) in [6.45, 7) is 3.24. The first-order chi connectivity index (χ1) is 6.49. The van der Waals surface area contributed by atoms with Gasteiger partial charge in [-0.2, -0.15) is 0 Å². The average molecular weight is 197 g/mol. The Hall–Kier alpha value is -1.09. The molecular weight excluding hydrogens is 181 g/mol. The lowest BCUT2D eigenvalue weighted by atomic mass is 9.94. The van der Waals surface area contributed by atoms with Crippen LogP contribution >= 0.6 is 0 Å². The number of nitrogens with two attached hydrogens (primary N) is 1. The van der Waals surface area contributed by atoms with Crippen LogP contribution in [0.3, 0.4) is 0 Å². The highest BCUT2D eigenvalue weighted by Crippen LogP contribution is 2.25. The fraction of sp³-hybridized carbons (Fsp3) is 0.455. The molecule has 0 heterocycles. The van der Waals surface area contributed by atoms with Crippen LogP contribution in [0, 0.1) is 0 Å². The second-order valence-electron chi connectivity index (χ2n) is 3.88. The van der Waals surface area contributed by atoms with Crippen LogP contribution in [0.15, 0.2) is 18.2 Å². The number of alkyl halides is 1. The maximum absolute atomic E-state index is 12.6. The van der Waals surface area contributed by atoms with Gasteiger partial charge in [-0.25, -0.2) is 4.39 Å². The van der Waals surface area contributed by atoms with Crippen molar-refractivity contribution in [2.24, 2.45) is 5.73 Å². The predicted molar refractivity (Wildman–Crippen MR) is 55.0 cm³/mol. The molecule has 0 fully saturated rings. The summed E-state index contributed by atoms with van der Waals surface area (Å²) >= 11 is 0. The van der Waals surface area contributed by atoms with E-state index < -0.39 is 12.2 Å². The van der Waals surface area contributed by atoms with E-state index in [4.69, 9.17) is 10.5 Å². The van der Waals surface area contributed by atoms with Crippen LogP contribution in [-0.2, 0) is 12.2 Å². The van der Waals surface area contributed by atoms with E-state index in [0.717, 1.165) is 5.56 Å². The molecule has 0 radical (unpaired) electrons. The summed E-state index contributed by atoms with van der Waals surface area (Å²) in [4.78, 5) is 0. The third-order valence-corrected chi connectivity index (χ3v) is 2.17. The quantitative estimate of drug-likeness (QED) is 0.807. The number of benzene rings is 1. The molecule has 1 aromatic carbocycles. The van der Waals surface area contributed by atoms with Gasteiger partial charge < -0.3 is 10.5 Å². The molecule has 0 aromatic heterocycles. The highest BCUT2D eigenvalue weighted by Gasteiger charge is 2.15. The maximum Gasteiger partial charge on any atom is 0.124 e. The van der Waals surface area contributed by atoms with Gasteiger partial charge in [-0.05, 0) is 31.5 Å². The largest absolute Gasteiger partial charge is 0.496 e. The van der Waals surface area contributed by atoms with Gasteiger partial charge in [0.2, 0.25) is 0 Å². The summed E-state index contributed by atoms with van der Waals surface area (Å²) in [5.41, 5.74) is 6.91. The van der Waals surface area contributed by atoms with Crippen molar-refractivity contribution in [3.63, 3.8) is 0 Å². The van der Waals surface area contributed by atoms with Gasteiger partial charge in [0.25, 0.3) is 0 Å². The van der Waals surface area contributed by atoms with E-state index in [1.54, 1.807) is 12.1 Å². The van der Waals surface area contributed by atoms with Crippen molar-refractivity contribution < 1.29 is 9.13 Å². The Morgan fingerprint density at radius 1 is 1.43 bits per heavy atom. The van der Waals surface area contributed by atoms with Crippen molar-refractivity contribution in [1.29, 1.82) is 0 Å². The van der Waals surface area contributed by atoms with Gasteiger partial charge in [-0.3, -0.25) is 0 Å². The first-order valence-corrected chi connectivity index (χ1v) is 4.51. The summed E-state index contributed by atoms with van der Waals surface area (Å²) in [5.74, 6) is 0.570. The second kappa shape index (κ2) is 3.96. The van der Waals surface area contributed by atoms with Crippen molar-refractivity contribution in [3.8, 4) is 5.75 Å². The summed E-state index contributed by atoms with van der Waals surface area (Å²) < 4.78 is 17.6. The second-order valence-corrected chi connectivity index (χ2v) is 3.88. The molecule has 0 unspecified atom stereocenters. The monoisotopic (exact) mass is 197 g/mol. The molecule has 0 saturated heterocycles. The van der Waals surface area contributed by atoms with Gasteiger partial charge in [-0.1, -0.05) is 6.07 Å². The summed E-state index contributed by atoms with van der Waals surface area (Å²) in [6.07, 6.45) is 0. The number of hydrogen-bond donors (Lipinski definition) is 1. The standard InChI is InChI=1S/C11H16FNO/c1-11(2,13)9-4-5-10(14-3)8(6-9)7-12/h4-6H,7,13H2,1-3H3. The van der Waals surface area contributed by atoms with E-state index in [2.05, 4.69) is 0 Å². The van der Waals surface area contributed by atoms with E-state index in [1.807, 2.05) is 19.9 Å². The van der Waals surface area contributed by atoms with Crippen molar-refractivity contribution in [1.82, 2.24) is 0 Å². The molecule has 0 atom stereocenters. The van der Waals surface area contributed by atoms with E-state index in [0.29, 0.717) is 11.3 Å². The highest BCUT2D eigenvalue weighted by molar-refractivity contribution is 5.39. The molecule has 0 bridgehead atoms. The Morgan fingerprint density at radius 2 is 2.07 bits per heavy atom. The topological polar surface area (TPSA) is 35.2 Å². The van der Waals surface area contributed by atoms with E-state index in [9.17, 15) is 4.39 Å². The molecule has 0 saturated carbocycles. The fourth-order valence-corrected chi connectivity index (χ4v) is 1.28. The Labute approximate surface area is 83.9 Å². The normalized spacial score (nSPS) is 11.5. The van der Waals surface area contributed by atoms with Crippen LogP contribution in [0.4, 0.5) is 4.39 Å². The third-order valence-electron chi connectivity index (χ3n) is 2.17. The Kier molecular flexibility index (Phi) is 3.11. The minimum atomic E-state index is -0.535. The van der Waals surface area contributed by atoms with Crippen LogP contribution in [0.25, 0.3) is 0 Å². The summed E-state index contributed by atoms with van der Waals surface area (Å²) in [5, 5.41) is 0. The van der Waals surface area contributed by atoms with Crippen LogP contribution < -0.4 is 10.5 Å². The molecule has 3 heteroatoms. The Bertz CT molecular complexity index is 318. The number of rotatable bonds is 3. The SMILES string of the molecule is COc1ccc(C(C)(C)N)cc1CF. The molecule has 2 nitrogen and oxygen atoms in total. The lowest BCUT2D eigenvalue weighted by molar-refractivity contribution is 0.393. The molecule has 0 aliphatic carbocycles. The summed E-state index contributed by atoms with van der Waals surface area (Å²) in [6, 6.07) is 5.36. The maximum atomic E-state index is 12.6. The van der Waals surface area contributed by atoms with Gasteiger partial charge >= 0.3 is 0 Å². The minimum Gasteiger partial charge on any atom is -0.496 e. The van der Waals surface area contributed by atoms with Crippen molar-refractivity contribution >= 4 is 0 Å². The van der Waals surface area contributed by atoms with Gasteiger partial charge in [0.15, 0.2) is 0 Å². The number of hydrogen-bond acceptors (Lipinski definition) is 2. The lowest BCUT2D eigenvalue weighted by Crippen LogP contribution is -2.28. The zero-order valence-electron chi connectivity index (χ0n) is 8.80. The molecule has 78 valence electrons. The average Bonchev–Trinajstić information content (AvgIpc) is 2.15. The van der Waals surface area contributed by atoms with Crippen LogP contribution in [0.1, 0.15) is 25.0 Å². The van der Waals surface area contributed by atoms with Gasteiger partial charge in [-0.15, -0.1) is 0 Å². The molecule has 14 heavy (non-hydrogen) atoms. The Balaban J connectivity index is 3.14. The van der Waals surface area contributed by atoms with E-state index in [1.165, 1.54) is 7.11 Å². The fourth-order valence-electron chi connectivity index (χ4n) is 1.28. The van der Waals surface area contributed by atoms with E-state index >= 15 is 0 Å². The first kappa shape index (κ1) is 11.0. The predicted octanol–water partition coefficient (Wildman–Crippen LogP) is 2.36. The van der Waals surface area contributed by atoms with E-state index in [-0.39, 0.29) is 0 Å². The van der Waals surface area contributed by atoms with Crippen LogP contribution in [0.2, 0.25) is 0 Å². The molecule has 0 aliphatic rings. The molecule has 1 aromatic rings. The van der Waals surface area contributed by atoms with Gasteiger partial charge in [0, 0.05) is 11.1 Å². The summed E-state index contributed by atoms with van der Waals surface area (Å²) in [7, 11) is 1.53. The van der Waals surface area contributed by atoms with Gasteiger partial charge in [0.1, 0.15) is 12.4 Å². The van der Waals surface area contributed by atoms with Crippen LogP contribution in [0.5, 0.6) is 5.75 Å². The third kappa shape index (κ3) is 2.23. The molecular formula is C11H16FNO. The van der Waals surface area contributed by atoms with Crippen molar-refractivity contribution in [3.05, 3.63) is 29.3 Å². The van der Waals surface area contributed by atoms with Crippen molar-refractivity contribution in [2.45, 2.75) is 26.1 Å². The molecule has 2 N–H and O–H groups in total. The lowest BCUT2D eigenvalue weighted by Gasteiger charge is -2.20. The minimum absolute atomic E-state index is 0.448. The Morgan fingerprint density at radius 3 is 2.50 bits per heavy atom. The van der Waals surface area contributed by atoms with Crippen molar-refractivity contribution in [2.75, 3.05) is 7.11 Å². The first-order valence-electron chi connectivity index (χ1n) is 4.51. The zero-order chi connectivity index (χ0) is 10.8. The number of methoxy groups -OCH3 is 1.